The standard InChI is InChI=1S/C59H74F7N8O6S/c1-69(52(76)37-48-39-81-55(68-48)67-23-9-4-6-15-51(75)71(3)31-32-72-26-10-5-11-27-72)24-12-25-70(2)53(77)38-79-50-35-42-13-7-8-14-49(42)56(50)20-28-73(29-21-56)30-22-57(44-16-18-47(60)19-17-44)40-74(41-80-57)54(78)43-33-45(58(61,62)63)36-46(34-43)59(64,65)66/h5,7-8,13-14,16-19,33-34,36,39,50H,4,6,9-12,15,20-32,35,37-38,40-41H2,1-3H3,(H,67,68)/t50-,57+/m0/s1. The lowest BCUT2D eigenvalue weighted by Crippen LogP contribution is -2.50. The summed E-state index contributed by atoms with van der Waals surface area (Å²) in [6, 6.07) is 14.4. The van der Waals surface area contributed by atoms with Crippen LogP contribution in [-0.4, -0.2) is 171 Å². The van der Waals surface area contributed by atoms with Gasteiger partial charge in [-0.3, -0.25) is 19.2 Å². The summed E-state index contributed by atoms with van der Waals surface area (Å²) < 4.78 is 109. The number of thiazole rings is 1. The molecule has 1 spiro atoms. The van der Waals surface area contributed by atoms with Crippen LogP contribution >= 0.6 is 11.3 Å². The molecule has 2 atom stereocenters. The molecule has 4 amide bonds. The Labute approximate surface area is 473 Å². The molecule has 22 heteroatoms. The molecule has 4 aliphatic rings. The summed E-state index contributed by atoms with van der Waals surface area (Å²) in [6.07, 6.45) is 0.184. The first-order valence-corrected chi connectivity index (χ1v) is 28.9. The van der Waals surface area contributed by atoms with E-state index in [0.717, 1.165) is 80.4 Å². The minimum Gasteiger partial charge on any atom is -0.367 e. The van der Waals surface area contributed by atoms with Crippen molar-refractivity contribution < 1.29 is 59.4 Å². The van der Waals surface area contributed by atoms with Gasteiger partial charge < -0.3 is 44.2 Å². The van der Waals surface area contributed by atoms with Crippen molar-refractivity contribution in [2.75, 3.05) is 112 Å². The molecule has 0 saturated carbocycles. The number of amides is 4. The monoisotopic (exact) mass is 1160 g/mol. The van der Waals surface area contributed by atoms with Gasteiger partial charge in [0.25, 0.3) is 5.91 Å². The third-order valence-corrected chi connectivity index (χ3v) is 17.4. The number of hydrogen-bond acceptors (Lipinski definition) is 11. The van der Waals surface area contributed by atoms with E-state index in [0.29, 0.717) is 88.2 Å². The van der Waals surface area contributed by atoms with Crippen LogP contribution in [0.5, 0.6) is 0 Å². The predicted octanol–water partition coefficient (Wildman–Crippen LogP) is 9.29. The number of halogens is 7. The average Bonchev–Trinajstić information content (AvgIpc) is 4.19. The van der Waals surface area contributed by atoms with Crippen LogP contribution in [0.4, 0.5) is 35.9 Å². The van der Waals surface area contributed by atoms with Gasteiger partial charge in [0.15, 0.2) is 5.13 Å². The van der Waals surface area contributed by atoms with Gasteiger partial charge in [-0.1, -0.05) is 42.8 Å². The highest BCUT2D eigenvalue weighted by atomic mass is 32.1. The molecular formula is C59H74F7N8O6S. The van der Waals surface area contributed by atoms with Gasteiger partial charge >= 0.3 is 12.4 Å². The molecule has 81 heavy (non-hydrogen) atoms. The molecule has 3 aliphatic heterocycles. The van der Waals surface area contributed by atoms with Crippen LogP contribution in [0, 0.1) is 12.2 Å². The molecule has 8 rings (SSSR count). The van der Waals surface area contributed by atoms with Crippen LogP contribution in [0.15, 0.2) is 72.1 Å². The number of likely N-dealkylation sites (N-methyl/N-ethyl adjacent to an activating group) is 3. The van der Waals surface area contributed by atoms with Crippen LogP contribution in [0.3, 0.4) is 0 Å². The zero-order valence-electron chi connectivity index (χ0n) is 46.4. The smallest absolute Gasteiger partial charge is 0.367 e. The number of anilines is 1. The number of nitrogens with zero attached hydrogens (tertiary/aromatic N) is 7. The minimum atomic E-state index is -5.14. The number of benzene rings is 3. The van der Waals surface area contributed by atoms with Crippen molar-refractivity contribution in [1.29, 1.82) is 0 Å². The molecule has 3 aromatic carbocycles. The summed E-state index contributed by atoms with van der Waals surface area (Å²) in [5, 5.41) is 5.99. The van der Waals surface area contributed by atoms with Gasteiger partial charge in [0.05, 0.1) is 35.9 Å². The van der Waals surface area contributed by atoms with E-state index in [1.165, 1.54) is 41.2 Å². The number of hydrogen-bond donors (Lipinski definition) is 1. The molecule has 14 nitrogen and oxygen atoms in total. The van der Waals surface area contributed by atoms with E-state index in [-0.39, 0.29) is 55.9 Å². The Balaban J connectivity index is 0.767. The molecule has 4 heterocycles. The number of aromatic nitrogens is 1. The number of piperidine rings is 2. The van der Waals surface area contributed by atoms with Gasteiger partial charge in [0.2, 0.25) is 17.7 Å². The first-order valence-electron chi connectivity index (χ1n) is 28.0. The van der Waals surface area contributed by atoms with Gasteiger partial charge in [-0.25, -0.2) is 9.37 Å². The summed E-state index contributed by atoms with van der Waals surface area (Å²) in [7, 11) is 5.36. The number of ether oxygens (including phenoxy) is 2. The third-order valence-electron chi connectivity index (χ3n) is 16.5. The molecule has 1 radical (unpaired) electrons. The molecule has 1 aromatic heterocycles. The SMILES string of the molecule is CN(CCN1CC[CH]CC1)C(=O)CCCCCNc1nc(CC(=O)N(C)CCCN(C)C(=O)CO[C@H]2Cc3ccccc3C23CCN(CC[C@]2(c4ccc(F)cc4)CN(C(=O)c4cc(C(F)(F)F)cc(C(F)(F)F)c4)CO2)CC3)cs1. The highest BCUT2D eigenvalue weighted by Crippen LogP contribution is 2.48. The van der Waals surface area contributed by atoms with Crippen molar-refractivity contribution >= 4 is 40.1 Å². The minimum absolute atomic E-state index is 0.0264. The number of rotatable bonds is 24. The average molecular weight is 1160 g/mol. The highest BCUT2D eigenvalue weighted by Gasteiger charge is 2.50. The normalized spacial score (nSPS) is 19.4. The maximum absolute atomic E-state index is 14.2. The number of carbonyl (C=O) groups is 4. The molecule has 441 valence electrons. The fourth-order valence-corrected chi connectivity index (χ4v) is 12.3. The molecule has 3 fully saturated rings. The van der Waals surface area contributed by atoms with Gasteiger partial charge in [-0.15, -0.1) is 11.3 Å². The van der Waals surface area contributed by atoms with Gasteiger partial charge in [0.1, 0.15) is 24.8 Å². The Morgan fingerprint density at radius 1 is 0.778 bits per heavy atom. The fourth-order valence-electron chi connectivity index (χ4n) is 11.5. The summed E-state index contributed by atoms with van der Waals surface area (Å²) in [5.74, 6) is -1.66. The van der Waals surface area contributed by atoms with E-state index >= 15 is 0 Å². The maximum Gasteiger partial charge on any atom is 0.416 e. The largest absolute Gasteiger partial charge is 0.416 e. The third kappa shape index (κ3) is 15.9. The van der Waals surface area contributed by atoms with Gasteiger partial charge in [-0.05, 0) is 137 Å². The van der Waals surface area contributed by atoms with E-state index in [4.69, 9.17) is 9.47 Å². The number of alkyl halides is 6. The van der Waals surface area contributed by atoms with E-state index in [2.05, 4.69) is 38.7 Å². The van der Waals surface area contributed by atoms with E-state index in [1.54, 1.807) is 23.9 Å². The van der Waals surface area contributed by atoms with Crippen molar-refractivity contribution in [2.45, 2.75) is 107 Å². The van der Waals surface area contributed by atoms with Crippen LogP contribution in [0.25, 0.3) is 0 Å². The van der Waals surface area contributed by atoms with Crippen molar-refractivity contribution in [1.82, 2.24) is 34.4 Å². The topological polar surface area (TPSA) is 131 Å². The Morgan fingerprint density at radius 2 is 1.43 bits per heavy atom. The summed E-state index contributed by atoms with van der Waals surface area (Å²) in [6.45, 7) is 6.32. The zero-order valence-corrected chi connectivity index (χ0v) is 47.2. The predicted molar refractivity (Wildman–Crippen MR) is 294 cm³/mol. The van der Waals surface area contributed by atoms with Gasteiger partial charge in [0, 0.05) is 83.2 Å². The van der Waals surface area contributed by atoms with Crippen molar-refractivity contribution in [3.63, 3.8) is 0 Å². The van der Waals surface area contributed by atoms with E-state index in [9.17, 15) is 49.9 Å². The van der Waals surface area contributed by atoms with E-state index < -0.39 is 58.5 Å². The van der Waals surface area contributed by atoms with Crippen molar-refractivity contribution in [2.24, 2.45) is 0 Å². The zero-order chi connectivity index (χ0) is 58.0. The van der Waals surface area contributed by atoms with E-state index in [1.807, 2.05) is 29.5 Å². The second-order valence-electron chi connectivity index (χ2n) is 22.0. The number of likely N-dealkylation sites (tertiary alicyclic amines) is 2. The summed E-state index contributed by atoms with van der Waals surface area (Å²) in [5.41, 5.74) is -2.13. The molecule has 1 N–H and O–H groups in total. The fraction of sp³-hybridized carbons (Fsp3) is 0.559. The Hall–Kier alpha value is -5.68. The molecule has 1 aliphatic carbocycles. The molecular weight excluding hydrogens is 1080 g/mol. The molecule has 0 bridgehead atoms. The van der Waals surface area contributed by atoms with Crippen LogP contribution in [0.2, 0.25) is 0 Å². The lowest BCUT2D eigenvalue weighted by atomic mass is 9.72. The lowest BCUT2D eigenvalue weighted by molar-refractivity contribution is -0.143. The molecule has 0 unspecified atom stereocenters. The van der Waals surface area contributed by atoms with Crippen LogP contribution < -0.4 is 5.32 Å². The molecule has 4 aromatic rings. The second-order valence-corrected chi connectivity index (χ2v) is 22.9. The Kier molecular flexibility index (Phi) is 20.6. The highest BCUT2D eigenvalue weighted by molar-refractivity contribution is 7.13. The van der Waals surface area contributed by atoms with Crippen molar-refractivity contribution in [3.05, 3.63) is 123 Å². The Morgan fingerprint density at radius 3 is 2.12 bits per heavy atom. The Bertz CT molecular complexity index is 2740. The lowest BCUT2D eigenvalue weighted by Gasteiger charge is -2.44. The number of unbranched alkanes of at least 4 members (excludes halogenated alkanes) is 2. The van der Waals surface area contributed by atoms with Gasteiger partial charge in [-0.2, -0.15) is 26.3 Å². The summed E-state index contributed by atoms with van der Waals surface area (Å²) in [4.78, 5) is 68.5. The van der Waals surface area contributed by atoms with Crippen LogP contribution in [0.1, 0.15) is 108 Å². The number of carbonyl (C=O) groups excluding carboxylic acids is 4. The number of nitrogens with one attached hydrogen (secondary N) is 1. The molecule has 3 saturated heterocycles. The second kappa shape index (κ2) is 27.1. The first kappa shape index (κ1) is 61.4. The first-order chi connectivity index (χ1) is 38.6. The quantitative estimate of drug-likeness (QED) is 0.0535. The number of fused-ring (bicyclic) bond motifs is 2. The van der Waals surface area contributed by atoms with Crippen LogP contribution in [-0.2, 0) is 60.1 Å². The van der Waals surface area contributed by atoms with Crippen molar-refractivity contribution in [3.8, 4) is 0 Å². The summed E-state index contributed by atoms with van der Waals surface area (Å²) >= 11 is 1.46. The maximum atomic E-state index is 14.2.